The van der Waals surface area contributed by atoms with Crippen LogP contribution in [0.1, 0.15) is 0 Å². The van der Waals surface area contributed by atoms with Crippen molar-refractivity contribution >= 4 is 54.8 Å². The molecule has 1 aromatic carbocycles. The first kappa shape index (κ1) is 13.6. The smallest absolute Gasteiger partial charge is 0.190 e. The number of hydrogen-bond acceptors (Lipinski definition) is 6. The first-order valence-corrected chi connectivity index (χ1v) is 8.55. The highest BCUT2D eigenvalue weighted by Crippen LogP contribution is 2.32. The summed E-state index contributed by atoms with van der Waals surface area (Å²) in [6, 6.07) is 11.5. The van der Waals surface area contributed by atoms with Crippen LogP contribution in [0, 0.1) is 0 Å². The number of thiazole rings is 2. The Hall–Kier alpha value is -2.02. The minimum atomic E-state index is 0.717. The van der Waals surface area contributed by atoms with E-state index in [1.165, 1.54) is 11.3 Å². The van der Waals surface area contributed by atoms with Crippen LogP contribution in [0.15, 0.2) is 48.0 Å². The number of anilines is 2. The van der Waals surface area contributed by atoms with E-state index in [1.807, 2.05) is 41.8 Å². The topological polar surface area (TPSA) is 50.7 Å². The van der Waals surface area contributed by atoms with Gasteiger partial charge in [-0.05, 0) is 30.3 Å². The largest absolute Gasteiger partial charge is 0.307 e. The third-order valence-corrected chi connectivity index (χ3v) is 4.92. The number of hydrogen-bond donors (Lipinski definition) is 1. The molecule has 0 saturated carbocycles. The molecule has 3 heterocycles. The second kappa shape index (κ2) is 5.64. The number of nitrogens with one attached hydrogen (secondary N) is 1. The van der Waals surface area contributed by atoms with Gasteiger partial charge in [0, 0.05) is 16.6 Å². The lowest BCUT2D eigenvalue weighted by Gasteiger charge is -1.95. The summed E-state index contributed by atoms with van der Waals surface area (Å²) in [4.78, 5) is 13.4. The summed E-state index contributed by atoms with van der Waals surface area (Å²) in [7, 11) is 0. The van der Waals surface area contributed by atoms with Gasteiger partial charge in [0.2, 0.25) is 0 Å². The van der Waals surface area contributed by atoms with Crippen molar-refractivity contribution in [3.05, 3.63) is 53.0 Å². The molecule has 0 aliphatic carbocycles. The van der Waals surface area contributed by atoms with E-state index in [-0.39, 0.29) is 0 Å². The summed E-state index contributed by atoms with van der Waals surface area (Å²) < 4.78 is 1.05. The highest BCUT2D eigenvalue weighted by atomic mass is 35.5. The predicted octanol–water partition coefficient (Wildman–Crippen LogP) is 5.21. The highest BCUT2D eigenvalue weighted by Gasteiger charge is 2.09. The quantitative estimate of drug-likeness (QED) is 0.554. The molecule has 108 valence electrons. The molecule has 3 aromatic heterocycles. The molecule has 0 amide bonds. The fraction of sp³-hybridized carbons (Fsp3) is 0. The molecular formula is C15H9ClN4S2. The lowest BCUT2D eigenvalue weighted by Crippen LogP contribution is -1.88. The minimum absolute atomic E-state index is 0.717. The Balaban J connectivity index is 1.61. The molecular weight excluding hydrogens is 336 g/mol. The van der Waals surface area contributed by atoms with E-state index in [9.17, 15) is 0 Å². The van der Waals surface area contributed by atoms with E-state index in [1.54, 1.807) is 17.5 Å². The van der Waals surface area contributed by atoms with Gasteiger partial charge in [-0.15, -0.1) is 11.3 Å². The molecule has 0 fully saturated rings. The van der Waals surface area contributed by atoms with E-state index in [2.05, 4.69) is 20.3 Å². The number of halogens is 1. The molecule has 1 N–H and O–H groups in total. The Morgan fingerprint density at radius 1 is 1.00 bits per heavy atom. The van der Waals surface area contributed by atoms with Crippen LogP contribution < -0.4 is 5.32 Å². The van der Waals surface area contributed by atoms with Crippen LogP contribution in [-0.2, 0) is 0 Å². The van der Waals surface area contributed by atoms with Crippen molar-refractivity contribution in [2.24, 2.45) is 0 Å². The van der Waals surface area contributed by atoms with Crippen LogP contribution in [0.5, 0.6) is 0 Å². The summed E-state index contributed by atoms with van der Waals surface area (Å²) in [5.41, 5.74) is 2.65. The Morgan fingerprint density at radius 2 is 1.95 bits per heavy atom. The van der Waals surface area contributed by atoms with Crippen molar-refractivity contribution < 1.29 is 0 Å². The Morgan fingerprint density at radius 3 is 2.82 bits per heavy atom. The highest BCUT2D eigenvalue weighted by molar-refractivity contribution is 7.22. The predicted molar refractivity (Wildman–Crippen MR) is 93.3 cm³/mol. The lowest BCUT2D eigenvalue weighted by molar-refractivity contribution is 1.28. The van der Waals surface area contributed by atoms with Crippen LogP contribution >= 0.6 is 34.3 Å². The number of nitrogens with zero attached hydrogens (tertiary/aromatic N) is 3. The second-order valence-electron chi connectivity index (χ2n) is 4.51. The van der Waals surface area contributed by atoms with Gasteiger partial charge in [-0.3, -0.25) is 4.98 Å². The molecule has 0 aliphatic rings. The van der Waals surface area contributed by atoms with Gasteiger partial charge in [-0.2, -0.15) is 0 Å². The molecule has 0 unspecified atom stereocenters. The SMILES string of the molecule is Clc1ccc2nc(Nc3nc(-c4ccccn4)cs3)sc2c1. The van der Waals surface area contributed by atoms with Crippen molar-refractivity contribution in [3.8, 4) is 11.4 Å². The van der Waals surface area contributed by atoms with Crippen molar-refractivity contribution in [1.82, 2.24) is 15.0 Å². The maximum absolute atomic E-state index is 6.00. The van der Waals surface area contributed by atoms with E-state index in [0.29, 0.717) is 0 Å². The maximum atomic E-state index is 6.00. The van der Waals surface area contributed by atoms with Gasteiger partial charge in [0.1, 0.15) is 5.69 Å². The van der Waals surface area contributed by atoms with Crippen LogP contribution in [-0.4, -0.2) is 15.0 Å². The van der Waals surface area contributed by atoms with Crippen molar-refractivity contribution in [2.45, 2.75) is 0 Å². The van der Waals surface area contributed by atoms with Crippen LogP contribution in [0.4, 0.5) is 10.3 Å². The van der Waals surface area contributed by atoms with E-state index in [4.69, 9.17) is 11.6 Å². The zero-order valence-electron chi connectivity index (χ0n) is 11.2. The molecule has 0 aliphatic heterocycles. The second-order valence-corrected chi connectivity index (χ2v) is 6.83. The third-order valence-electron chi connectivity index (χ3n) is 3.00. The Kier molecular flexibility index (Phi) is 3.49. The molecule has 0 bridgehead atoms. The number of rotatable bonds is 3. The van der Waals surface area contributed by atoms with Crippen LogP contribution in [0.25, 0.3) is 21.6 Å². The van der Waals surface area contributed by atoms with Crippen LogP contribution in [0.2, 0.25) is 5.02 Å². The zero-order valence-corrected chi connectivity index (χ0v) is 13.5. The molecule has 4 rings (SSSR count). The maximum Gasteiger partial charge on any atom is 0.190 e. The minimum Gasteiger partial charge on any atom is -0.307 e. The van der Waals surface area contributed by atoms with E-state index >= 15 is 0 Å². The Labute approximate surface area is 139 Å². The van der Waals surface area contributed by atoms with Gasteiger partial charge in [0.15, 0.2) is 10.3 Å². The molecule has 7 heteroatoms. The third kappa shape index (κ3) is 2.68. The van der Waals surface area contributed by atoms with Crippen molar-refractivity contribution in [2.75, 3.05) is 5.32 Å². The monoisotopic (exact) mass is 344 g/mol. The Bertz CT molecular complexity index is 933. The van der Waals surface area contributed by atoms with E-state index in [0.717, 1.165) is 36.9 Å². The van der Waals surface area contributed by atoms with Gasteiger partial charge in [-0.25, -0.2) is 9.97 Å². The summed E-state index contributed by atoms with van der Waals surface area (Å²) in [6.07, 6.45) is 1.76. The van der Waals surface area contributed by atoms with Gasteiger partial charge < -0.3 is 5.32 Å². The van der Waals surface area contributed by atoms with Crippen LogP contribution in [0.3, 0.4) is 0 Å². The standard InChI is InChI=1S/C15H9ClN4S2/c16-9-4-5-11-13(7-9)22-15(18-11)20-14-19-12(8-21-14)10-3-1-2-6-17-10/h1-8H,(H,18,19,20). The van der Waals surface area contributed by atoms with E-state index < -0.39 is 0 Å². The zero-order chi connectivity index (χ0) is 14.9. The fourth-order valence-electron chi connectivity index (χ4n) is 2.01. The first-order chi connectivity index (χ1) is 10.8. The fourth-order valence-corrected chi connectivity index (χ4v) is 3.92. The summed E-state index contributed by atoms with van der Waals surface area (Å²) in [6.45, 7) is 0. The summed E-state index contributed by atoms with van der Waals surface area (Å²) in [5, 5.41) is 7.55. The molecule has 4 nitrogen and oxygen atoms in total. The van der Waals surface area contributed by atoms with Gasteiger partial charge in [-0.1, -0.05) is 29.0 Å². The molecule has 4 aromatic rings. The normalized spacial score (nSPS) is 11.0. The molecule has 0 atom stereocenters. The van der Waals surface area contributed by atoms with Crippen molar-refractivity contribution in [3.63, 3.8) is 0 Å². The van der Waals surface area contributed by atoms with Gasteiger partial charge in [0.05, 0.1) is 15.9 Å². The summed E-state index contributed by atoms with van der Waals surface area (Å²) >= 11 is 9.09. The average Bonchev–Trinajstić information content (AvgIpc) is 3.14. The first-order valence-electron chi connectivity index (χ1n) is 6.48. The number of pyridine rings is 1. The number of fused-ring (bicyclic) bond motifs is 1. The number of benzene rings is 1. The number of aromatic nitrogens is 3. The molecule has 0 spiro atoms. The van der Waals surface area contributed by atoms with Gasteiger partial charge >= 0.3 is 0 Å². The molecule has 0 saturated heterocycles. The van der Waals surface area contributed by atoms with Crippen molar-refractivity contribution in [1.29, 1.82) is 0 Å². The average molecular weight is 345 g/mol. The lowest BCUT2D eigenvalue weighted by atomic mass is 10.3. The van der Waals surface area contributed by atoms with Gasteiger partial charge in [0.25, 0.3) is 0 Å². The molecule has 22 heavy (non-hydrogen) atoms. The molecule has 0 radical (unpaired) electrons. The summed E-state index contributed by atoms with van der Waals surface area (Å²) in [5.74, 6) is 0.